The molecule has 4 nitrogen and oxygen atoms in total. The second kappa shape index (κ2) is 6.56. The zero-order valence-electron chi connectivity index (χ0n) is 11.5. The van der Waals surface area contributed by atoms with Gasteiger partial charge in [0.05, 0.1) is 18.5 Å². The smallest absolute Gasteiger partial charge is 0.248 e. The monoisotopic (exact) mass is 286 g/mol. The molecule has 0 spiro atoms. The van der Waals surface area contributed by atoms with Crippen molar-refractivity contribution in [1.82, 2.24) is 0 Å². The Hall–Kier alpha value is -2.82. The number of nitrogens with two attached hydrogens (primary N) is 1. The summed E-state index contributed by atoms with van der Waals surface area (Å²) in [6.07, 6.45) is 3.02. The predicted octanol–water partition coefficient (Wildman–Crippen LogP) is 3.07. The lowest BCUT2D eigenvalue weighted by Crippen LogP contribution is -2.09. The van der Waals surface area contributed by atoms with Crippen LogP contribution in [0.5, 0.6) is 5.75 Å². The van der Waals surface area contributed by atoms with E-state index in [1.165, 1.54) is 18.2 Å². The molecule has 0 unspecified atom stereocenters. The van der Waals surface area contributed by atoms with Crippen LogP contribution in [-0.4, -0.2) is 13.0 Å². The summed E-state index contributed by atoms with van der Waals surface area (Å²) in [7, 11) is 1.58. The maximum atomic E-state index is 12.9. The molecular formula is C16H15FN2O2. The Morgan fingerprint density at radius 2 is 2.10 bits per heavy atom. The third-order valence-corrected chi connectivity index (χ3v) is 2.79. The molecule has 0 radical (unpaired) electrons. The average molecular weight is 286 g/mol. The highest BCUT2D eigenvalue weighted by atomic mass is 19.1. The van der Waals surface area contributed by atoms with Crippen LogP contribution in [-0.2, 0) is 4.79 Å². The van der Waals surface area contributed by atoms with Crippen molar-refractivity contribution in [2.24, 2.45) is 0 Å². The number of rotatable bonds is 4. The number of nitrogen functional groups attached to an aromatic ring is 1. The van der Waals surface area contributed by atoms with Crippen LogP contribution in [0.2, 0.25) is 0 Å². The van der Waals surface area contributed by atoms with E-state index in [9.17, 15) is 9.18 Å². The van der Waals surface area contributed by atoms with Gasteiger partial charge in [-0.1, -0.05) is 12.1 Å². The lowest BCUT2D eigenvalue weighted by molar-refractivity contribution is -0.111. The van der Waals surface area contributed by atoms with Gasteiger partial charge in [-0.15, -0.1) is 0 Å². The van der Waals surface area contributed by atoms with Crippen LogP contribution in [0.3, 0.4) is 0 Å². The molecule has 5 heteroatoms. The molecule has 3 N–H and O–H groups in total. The first-order chi connectivity index (χ1) is 10.1. The van der Waals surface area contributed by atoms with Gasteiger partial charge in [0, 0.05) is 6.08 Å². The summed E-state index contributed by atoms with van der Waals surface area (Å²) in [4.78, 5) is 11.8. The summed E-state index contributed by atoms with van der Waals surface area (Å²) in [6, 6.07) is 11.1. The highest BCUT2D eigenvalue weighted by molar-refractivity contribution is 6.03. The van der Waals surface area contributed by atoms with Crippen LogP contribution in [0.15, 0.2) is 48.5 Å². The van der Waals surface area contributed by atoms with Gasteiger partial charge in [-0.05, 0) is 42.0 Å². The number of nitrogens with one attached hydrogen (secondary N) is 1. The van der Waals surface area contributed by atoms with Gasteiger partial charge in [0.15, 0.2) is 0 Å². The molecule has 0 aliphatic heterocycles. The van der Waals surface area contributed by atoms with Crippen molar-refractivity contribution in [3.63, 3.8) is 0 Å². The van der Waals surface area contributed by atoms with Crippen LogP contribution in [0.1, 0.15) is 5.56 Å². The first-order valence-corrected chi connectivity index (χ1v) is 6.26. The molecule has 1 amide bonds. The van der Waals surface area contributed by atoms with Gasteiger partial charge >= 0.3 is 0 Å². The maximum absolute atomic E-state index is 12.9. The Bertz CT molecular complexity index is 684. The molecule has 0 saturated carbocycles. The van der Waals surface area contributed by atoms with Crippen molar-refractivity contribution in [2.75, 3.05) is 18.2 Å². The Morgan fingerprint density at radius 1 is 1.29 bits per heavy atom. The zero-order chi connectivity index (χ0) is 15.2. The van der Waals surface area contributed by atoms with Gasteiger partial charge in [-0.25, -0.2) is 4.39 Å². The molecule has 0 aliphatic carbocycles. The third-order valence-electron chi connectivity index (χ3n) is 2.79. The van der Waals surface area contributed by atoms with E-state index in [-0.39, 0.29) is 11.6 Å². The summed E-state index contributed by atoms with van der Waals surface area (Å²) in [5, 5.41) is 2.59. The van der Waals surface area contributed by atoms with E-state index in [1.54, 1.807) is 19.3 Å². The van der Waals surface area contributed by atoms with Gasteiger partial charge in [0.1, 0.15) is 11.6 Å². The number of carbonyl (C=O) groups is 1. The van der Waals surface area contributed by atoms with E-state index in [2.05, 4.69) is 5.32 Å². The number of halogens is 1. The van der Waals surface area contributed by atoms with E-state index in [4.69, 9.17) is 10.5 Å². The Labute approximate surface area is 122 Å². The molecule has 108 valence electrons. The lowest BCUT2D eigenvalue weighted by atomic mass is 10.2. The van der Waals surface area contributed by atoms with Crippen LogP contribution in [0.25, 0.3) is 6.08 Å². The topological polar surface area (TPSA) is 64.3 Å². The fourth-order valence-corrected chi connectivity index (χ4v) is 1.74. The van der Waals surface area contributed by atoms with Crippen molar-refractivity contribution in [2.45, 2.75) is 0 Å². The van der Waals surface area contributed by atoms with Gasteiger partial charge in [-0.3, -0.25) is 4.79 Å². The minimum atomic E-state index is -0.447. The number of hydrogen-bond acceptors (Lipinski definition) is 3. The van der Waals surface area contributed by atoms with E-state index in [0.717, 1.165) is 11.6 Å². The molecule has 2 rings (SSSR count). The molecule has 2 aromatic carbocycles. The molecule has 2 aromatic rings. The summed E-state index contributed by atoms with van der Waals surface area (Å²) in [5.41, 5.74) is 7.00. The minimum Gasteiger partial charge on any atom is -0.497 e. The number of benzene rings is 2. The number of amides is 1. The molecule has 0 heterocycles. The number of methoxy groups -OCH3 is 1. The summed E-state index contributed by atoms with van der Waals surface area (Å²) < 4.78 is 18.0. The van der Waals surface area contributed by atoms with Crippen LogP contribution < -0.4 is 15.8 Å². The fourth-order valence-electron chi connectivity index (χ4n) is 1.74. The Kier molecular flexibility index (Phi) is 4.56. The zero-order valence-corrected chi connectivity index (χ0v) is 11.5. The van der Waals surface area contributed by atoms with Crippen molar-refractivity contribution >= 4 is 23.4 Å². The highest BCUT2D eigenvalue weighted by Gasteiger charge is 2.03. The molecule has 0 atom stereocenters. The molecule has 0 saturated heterocycles. The first kappa shape index (κ1) is 14.6. The number of ether oxygens (including phenoxy) is 1. The van der Waals surface area contributed by atoms with Gasteiger partial charge in [-0.2, -0.15) is 0 Å². The van der Waals surface area contributed by atoms with Crippen molar-refractivity contribution in [1.29, 1.82) is 0 Å². The van der Waals surface area contributed by atoms with E-state index in [0.29, 0.717) is 11.4 Å². The largest absolute Gasteiger partial charge is 0.497 e. The lowest BCUT2D eigenvalue weighted by Gasteiger charge is -2.05. The molecule has 0 aromatic heterocycles. The summed E-state index contributed by atoms with van der Waals surface area (Å²) >= 11 is 0. The Morgan fingerprint density at radius 3 is 2.81 bits per heavy atom. The van der Waals surface area contributed by atoms with E-state index < -0.39 is 5.82 Å². The Balaban J connectivity index is 2.05. The van der Waals surface area contributed by atoms with Crippen LogP contribution in [0, 0.1) is 5.82 Å². The summed E-state index contributed by atoms with van der Waals surface area (Å²) in [5.74, 6) is -0.0890. The van der Waals surface area contributed by atoms with Gasteiger partial charge in [0.25, 0.3) is 0 Å². The van der Waals surface area contributed by atoms with Crippen LogP contribution in [0.4, 0.5) is 15.8 Å². The van der Waals surface area contributed by atoms with Crippen LogP contribution >= 0.6 is 0 Å². The number of carbonyl (C=O) groups excluding carboxylic acids is 1. The van der Waals surface area contributed by atoms with Gasteiger partial charge in [0.2, 0.25) is 5.91 Å². The molecule has 0 fully saturated rings. The fraction of sp³-hybridized carbons (Fsp3) is 0.0625. The molecule has 21 heavy (non-hydrogen) atoms. The van der Waals surface area contributed by atoms with E-state index in [1.807, 2.05) is 18.2 Å². The summed E-state index contributed by atoms with van der Waals surface area (Å²) in [6.45, 7) is 0. The van der Waals surface area contributed by atoms with Crippen molar-refractivity contribution < 1.29 is 13.9 Å². The number of anilines is 2. The standard InChI is InChI=1S/C16H15FN2O2/c1-21-13-4-2-3-11(9-13)5-8-16(20)19-15-7-6-12(17)10-14(15)18/h2-10H,18H2,1H3,(H,19,20)/b8-5+. The quantitative estimate of drug-likeness (QED) is 0.670. The van der Waals surface area contributed by atoms with Crippen molar-refractivity contribution in [3.05, 3.63) is 59.9 Å². The second-order valence-electron chi connectivity index (χ2n) is 4.33. The van der Waals surface area contributed by atoms with Crippen molar-refractivity contribution in [3.8, 4) is 5.75 Å². The molecule has 0 aliphatic rings. The highest BCUT2D eigenvalue weighted by Crippen LogP contribution is 2.19. The average Bonchev–Trinajstić information content (AvgIpc) is 2.48. The second-order valence-corrected chi connectivity index (χ2v) is 4.33. The molecule has 0 bridgehead atoms. The maximum Gasteiger partial charge on any atom is 0.248 e. The minimum absolute atomic E-state index is 0.179. The third kappa shape index (κ3) is 4.07. The number of hydrogen-bond donors (Lipinski definition) is 2. The normalized spacial score (nSPS) is 10.6. The SMILES string of the molecule is COc1cccc(/C=C/C(=O)Nc2ccc(F)cc2N)c1. The first-order valence-electron chi connectivity index (χ1n) is 6.26. The predicted molar refractivity (Wildman–Crippen MR) is 81.5 cm³/mol. The molecular weight excluding hydrogens is 271 g/mol. The van der Waals surface area contributed by atoms with Gasteiger partial charge < -0.3 is 15.8 Å². The van der Waals surface area contributed by atoms with E-state index >= 15 is 0 Å².